The van der Waals surface area contributed by atoms with E-state index in [0.29, 0.717) is 6.61 Å². The van der Waals surface area contributed by atoms with Gasteiger partial charge in [-0.1, -0.05) is 24.3 Å². The Bertz CT molecular complexity index is 709. The molecule has 1 saturated heterocycles. The van der Waals surface area contributed by atoms with Crippen molar-refractivity contribution in [2.24, 2.45) is 0 Å². The molecule has 152 valence electrons. The average Bonchev–Trinajstić information content (AvgIpc) is 2.71. The first-order valence-electron chi connectivity index (χ1n) is 9.82. The zero-order chi connectivity index (χ0) is 19.8. The summed E-state index contributed by atoms with van der Waals surface area (Å²) >= 11 is 0. The maximum absolute atomic E-state index is 13.1. The number of aliphatic hydroxyl groups excluding tert-OH is 2. The summed E-state index contributed by atoms with van der Waals surface area (Å²) in [5.41, 5.74) is 2.31. The Morgan fingerprint density at radius 2 is 1.57 bits per heavy atom. The van der Waals surface area contributed by atoms with E-state index >= 15 is 0 Å². The third-order valence-corrected chi connectivity index (χ3v) is 5.14. The van der Waals surface area contributed by atoms with Gasteiger partial charge < -0.3 is 14.9 Å². The summed E-state index contributed by atoms with van der Waals surface area (Å²) in [6.07, 6.45) is 0.728. The van der Waals surface area contributed by atoms with Gasteiger partial charge in [-0.15, -0.1) is 0 Å². The predicted molar refractivity (Wildman–Crippen MR) is 107 cm³/mol. The van der Waals surface area contributed by atoms with Crippen LogP contribution < -0.4 is 4.74 Å². The normalized spacial score (nSPS) is 18.3. The molecule has 0 aromatic heterocycles. The van der Waals surface area contributed by atoms with Crippen LogP contribution >= 0.6 is 0 Å². The molecule has 0 aliphatic carbocycles. The molecule has 0 saturated carbocycles. The van der Waals surface area contributed by atoms with E-state index in [2.05, 4.69) is 21.9 Å². The lowest BCUT2D eigenvalue weighted by Gasteiger charge is -2.41. The first-order valence-corrected chi connectivity index (χ1v) is 9.82. The number of rotatable bonds is 9. The SMILES string of the molecule is OCCOc1ccc(CN2CCN(Cc3ccc(F)cc3)[C@H](CCO)C2)cc1. The molecule has 5 nitrogen and oxygen atoms in total. The minimum absolute atomic E-state index is 0.0101. The van der Waals surface area contributed by atoms with E-state index in [1.165, 1.54) is 17.7 Å². The zero-order valence-electron chi connectivity index (χ0n) is 16.1. The minimum atomic E-state index is -0.215. The van der Waals surface area contributed by atoms with E-state index in [1.54, 1.807) is 0 Å². The molecule has 0 spiro atoms. The van der Waals surface area contributed by atoms with Crippen LogP contribution in [0.5, 0.6) is 5.75 Å². The van der Waals surface area contributed by atoms with E-state index in [4.69, 9.17) is 9.84 Å². The lowest BCUT2D eigenvalue weighted by atomic mass is 10.1. The first kappa shape index (κ1) is 20.7. The van der Waals surface area contributed by atoms with Crippen molar-refractivity contribution in [3.8, 4) is 5.75 Å². The summed E-state index contributed by atoms with van der Waals surface area (Å²) in [5.74, 6) is 0.549. The highest BCUT2D eigenvalue weighted by Crippen LogP contribution is 2.20. The van der Waals surface area contributed by atoms with Gasteiger partial charge in [-0.3, -0.25) is 9.80 Å². The molecule has 1 atom stereocenters. The van der Waals surface area contributed by atoms with Gasteiger partial charge in [0.2, 0.25) is 0 Å². The van der Waals surface area contributed by atoms with Crippen molar-refractivity contribution in [3.05, 3.63) is 65.5 Å². The van der Waals surface area contributed by atoms with Crippen molar-refractivity contribution in [2.45, 2.75) is 25.6 Å². The summed E-state index contributed by atoms with van der Waals surface area (Å²) in [5, 5.41) is 18.3. The third-order valence-electron chi connectivity index (χ3n) is 5.14. The first-order chi connectivity index (χ1) is 13.7. The second-order valence-electron chi connectivity index (χ2n) is 7.21. The Morgan fingerprint density at radius 1 is 0.893 bits per heavy atom. The van der Waals surface area contributed by atoms with Crippen LogP contribution in [0.15, 0.2) is 48.5 Å². The molecule has 3 rings (SSSR count). The van der Waals surface area contributed by atoms with Gasteiger partial charge in [-0.2, -0.15) is 0 Å². The molecule has 0 amide bonds. The van der Waals surface area contributed by atoms with Crippen LogP contribution in [0.2, 0.25) is 0 Å². The van der Waals surface area contributed by atoms with E-state index in [0.717, 1.165) is 50.5 Å². The molecule has 6 heteroatoms. The lowest BCUT2D eigenvalue weighted by molar-refractivity contribution is 0.0499. The third kappa shape index (κ3) is 6.01. The van der Waals surface area contributed by atoms with Gasteiger partial charge in [0.05, 0.1) is 6.61 Å². The van der Waals surface area contributed by atoms with Crippen LogP contribution in [0.1, 0.15) is 17.5 Å². The quantitative estimate of drug-likeness (QED) is 0.690. The molecule has 2 aromatic carbocycles. The van der Waals surface area contributed by atoms with Crippen molar-refractivity contribution in [1.82, 2.24) is 9.80 Å². The molecule has 2 N–H and O–H groups in total. The molecule has 28 heavy (non-hydrogen) atoms. The van der Waals surface area contributed by atoms with Crippen LogP contribution in [-0.2, 0) is 13.1 Å². The van der Waals surface area contributed by atoms with Crippen LogP contribution in [0.25, 0.3) is 0 Å². The van der Waals surface area contributed by atoms with E-state index < -0.39 is 0 Å². The minimum Gasteiger partial charge on any atom is -0.491 e. The highest BCUT2D eigenvalue weighted by Gasteiger charge is 2.26. The second-order valence-corrected chi connectivity index (χ2v) is 7.21. The van der Waals surface area contributed by atoms with Gasteiger partial charge in [-0.25, -0.2) is 4.39 Å². The van der Waals surface area contributed by atoms with Crippen molar-refractivity contribution < 1.29 is 19.3 Å². The summed E-state index contributed by atoms with van der Waals surface area (Å²) in [4.78, 5) is 4.79. The second kappa shape index (κ2) is 10.5. The largest absolute Gasteiger partial charge is 0.491 e. The van der Waals surface area contributed by atoms with E-state index in [9.17, 15) is 9.50 Å². The number of hydrogen-bond acceptors (Lipinski definition) is 5. The Balaban J connectivity index is 1.56. The highest BCUT2D eigenvalue weighted by molar-refractivity contribution is 5.27. The fraction of sp³-hybridized carbons (Fsp3) is 0.455. The fourth-order valence-electron chi connectivity index (χ4n) is 3.67. The maximum Gasteiger partial charge on any atom is 0.123 e. The number of aliphatic hydroxyl groups is 2. The highest BCUT2D eigenvalue weighted by atomic mass is 19.1. The lowest BCUT2D eigenvalue weighted by Crippen LogP contribution is -2.52. The summed E-state index contributed by atoms with van der Waals surface area (Å²) < 4.78 is 18.5. The van der Waals surface area contributed by atoms with Crippen molar-refractivity contribution >= 4 is 0 Å². The Kier molecular flexibility index (Phi) is 7.80. The maximum atomic E-state index is 13.1. The van der Waals surface area contributed by atoms with Gasteiger partial charge in [0, 0.05) is 45.4 Å². The number of ether oxygens (including phenoxy) is 1. The van der Waals surface area contributed by atoms with Gasteiger partial charge in [-0.05, 0) is 41.8 Å². The van der Waals surface area contributed by atoms with Gasteiger partial charge >= 0.3 is 0 Å². The molecule has 0 radical (unpaired) electrons. The molecule has 1 aliphatic rings. The van der Waals surface area contributed by atoms with Gasteiger partial charge in [0.25, 0.3) is 0 Å². The van der Waals surface area contributed by atoms with Crippen LogP contribution in [0.4, 0.5) is 4.39 Å². The Labute approximate surface area is 166 Å². The average molecular weight is 388 g/mol. The molecule has 0 bridgehead atoms. The molecule has 1 aliphatic heterocycles. The number of piperazine rings is 1. The van der Waals surface area contributed by atoms with Crippen LogP contribution in [-0.4, -0.2) is 65.5 Å². The summed E-state index contributed by atoms with van der Waals surface area (Å²) in [6.45, 7) is 4.86. The Hall–Kier alpha value is -1.99. The molecule has 1 heterocycles. The molecular weight excluding hydrogens is 359 g/mol. The zero-order valence-corrected chi connectivity index (χ0v) is 16.1. The number of nitrogens with zero attached hydrogens (tertiary/aromatic N) is 2. The van der Waals surface area contributed by atoms with Crippen molar-refractivity contribution in [1.29, 1.82) is 0 Å². The van der Waals surface area contributed by atoms with Crippen molar-refractivity contribution in [3.63, 3.8) is 0 Å². The van der Waals surface area contributed by atoms with Gasteiger partial charge in [0.15, 0.2) is 0 Å². The van der Waals surface area contributed by atoms with Gasteiger partial charge in [0.1, 0.15) is 18.2 Å². The Morgan fingerprint density at radius 3 is 2.25 bits per heavy atom. The molecule has 0 unspecified atom stereocenters. The molecule has 2 aromatic rings. The summed E-state index contributed by atoms with van der Waals surface area (Å²) in [7, 11) is 0. The predicted octanol–water partition coefficient (Wildman–Crippen LogP) is 2.27. The fourth-order valence-corrected chi connectivity index (χ4v) is 3.67. The molecule has 1 fully saturated rings. The topological polar surface area (TPSA) is 56.2 Å². The van der Waals surface area contributed by atoms with Crippen LogP contribution in [0, 0.1) is 5.82 Å². The summed E-state index contributed by atoms with van der Waals surface area (Å²) in [6, 6.07) is 14.9. The van der Waals surface area contributed by atoms with E-state index in [-0.39, 0.29) is 25.1 Å². The smallest absolute Gasteiger partial charge is 0.123 e. The van der Waals surface area contributed by atoms with Crippen LogP contribution in [0.3, 0.4) is 0 Å². The van der Waals surface area contributed by atoms with E-state index in [1.807, 2.05) is 24.3 Å². The molecular formula is C22H29FN2O3. The number of benzene rings is 2. The number of halogens is 1. The van der Waals surface area contributed by atoms with Crippen molar-refractivity contribution in [2.75, 3.05) is 39.5 Å². The number of hydrogen-bond donors (Lipinski definition) is 2. The monoisotopic (exact) mass is 388 g/mol. The standard InChI is InChI=1S/C22H29FN2O3/c23-20-5-1-19(2-6-20)16-25-11-10-24(17-21(25)9-12-26)15-18-3-7-22(8-4-18)28-14-13-27/h1-8,21,26-27H,9-17H2/t21-/m1/s1.